The molecule has 3 aliphatic carbocycles. The summed E-state index contributed by atoms with van der Waals surface area (Å²) in [6.07, 6.45) is 9.06. The van der Waals surface area contributed by atoms with Crippen LogP contribution in [0.3, 0.4) is 0 Å². The van der Waals surface area contributed by atoms with Crippen LogP contribution >= 0.6 is 0 Å². The lowest BCUT2D eigenvalue weighted by Crippen LogP contribution is -2.42. The van der Waals surface area contributed by atoms with E-state index >= 15 is 0 Å². The first kappa shape index (κ1) is 25.7. The van der Waals surface area contributed by atoms with Gasteiger partial charge in [0.15, 0.2) is 11.6 Å². The van der Waals surface area contributed by atoms with Crippen molar-refractivity contribution in [2.75, 3.05) is 13.1 Å². The van der Waals surface area contributed by atoms with Gasteiger partial charge in [-0.3, -0.25) is 0 Å². The van der Waals surface area contributed by atoms with Gasteiger partial charge >= 0.3 is 0 Å². The lowest BCUT2D eigenvalue weighted by Gasteiger charge is -2.37. The van der Waals surface area contributed by atoms with Crippen LogP contribution in [0.2, 0.25) is 0 Å². The normalized spacial score (nSPS) is 26.5. The molecule has 0 saturated heterocycles. The summed E-state index contributed by atoms with van der Waals surface area (Å²) in [5, 5.41) is 3.78. The summed E-state index contributed by atoms with van der Waals surface area (Å²) >= 11 is 0. The molecule has 0 spiro atoms. The van der Waals surface area contributed by atoms with Crippen LogP contribution < -0.4 is 10.0 Å². The lowest BCUT2D eigenvalue weighted by molar-refractivity contribution is 0.249. The Morgan fingerprint density at radius 1 is 0.778 bits per heavy atom. The van der Waals surface area contributed by atoms with Crippen LogP contribution in [0.4, 0.5) is 13.2 Å². The molecule has 4 nitrogen and oxygen atoms in total. The molecule has 2 aromatic rings. The monoisotopic (exact) mass is 520 g/mol. The molecule has 5 rings (SSSR count). The fourth-order valence-electron chi connectivity index (χ4n) is 6.07. The maximum Gasteiger partial charge on any atom is 0.243 e. The number of rotatable bonds is 9. The molecule has 0 aromatic heterocycles. The van der Waals surface area contributed by atoms with Gasteiger partial charge < -0.3 is 5.32 Å². The predicted octanol–water partition coefficient (Wildman–Crippen LogP) is 5.68. The van der Waals surface area contributed by atoms with Crippen molar-refractivity contribution in [1.29, 1.82) is 0 Å². The molecular weight excluding hydrogens is 485 g/mol. The molecule has 2 atom stereocenters. The molecule has 2 unspecified atom stereocenters. The zero-order chi connectivity index (χ0) is 25.3. The van der Waals surface area contributed by atoms with Gasteiger partial charge in [0, 0.05) is 12.6 Å². The van der Waals surface area contributed by atoms with Crippen molar-refractivity contribution < 1.29 is 21.6 Å². The third kappa shape index (κ3) is 5.97. The summed E-state index contributed by atoms with van der Waals surface area (Å²) in [6, 6.07) is 8.52. The Kier molecular flexibility index (Phi) is 7.75. The van der Waals surface area contributed by atoms with Crippen molar-refractivity contribution in [2.45, 2.75) is 74.6 Å². The van der Waals surface area contributed by atoms with Crippen LogP contribution in [-0.2, 0) is 16.4 Å². The Labute approximate surface area is 212 Å². The van der Waals surface area contributed by atoms with Crippen LogP contribution in [0.15, 0.2) is 41.3 Å². The molecule has 36 heavy (non-hydrogen) atoms. The van der Waals surface area contributed by atoms with Crippen LogP contribution in [0.1, 0.15) is 68.4 Å². The molecule has 8 heteroatoms. The number of hydrogen-bond donors (Lipinski definition) is 2. The first-order valence-corrected chi connectivity index (χ1v) is 14.7. The second-order valence-electron chi connectivity index (χ2n) is 11.0. The Morgan fingerprint density at radius 2 is 1.42 bits per heavy atom. The smallest absolute Gasteiger partial charge is 0.243 e. The average Bonchev–Trinajstić information content (AvgIpc) is 3.68. The minimum absolute atomic E-state index is 0.223. The third-order valence-electron chi connectivity index (χ3n) is 8.40. The molecule has 0 heterocycles. The van der Waals surface area contributed by atoms with Crippen LogP contribution in [0.5, 0.6) is 0 Å². The lowest BCUT2D eigenvalue weighted by atomic mass is 9.76. The summed E-state index contributed by atoms with van der Waals surface area (Å²) < 4.78 is 69.3. The molecule has 2 N–H and O–H groups in total. The first-order chi connectivity index (χ1) is 17.3. The number of nitrogens with one attached hydrogen (secondary N) is 2. The standard InChI is InChI=1S/C28H35F3N2O2S/c29-24-3-1-2-4-28(24)36(34,35)33-17-20-9-7-19(8-10-20)16-32-27-12-11-21-14-25(30)26(31)15-22(21)23(27)13-18-5-6-18/h1-4,14-15,18-20,23,27,32-33H,5-13,16-17H2. The highest BCUT2D eigenvalue weighted by Crippen LogP contribution is 2.44. The van der Waals surface area contributed by atoms with Gasteiger partial charge in [-0.05, 0) is 111 Å². The second kappa shape index (κ2) is 10.8. The number of halogens is 3. The molecule has 2 fully saturated rings. The van der Waals surface area contributed by atoms with Gasteiger partial charge in [0.1, 0.15) is 10.7 Å². The largest absolute Gasteiger partial charge is 0.313 e. The average molecular weight is 521 g/mol. The van der Waals surface area contributed by atoms with Crippen LogP contribution in [-0.4, -0.2) is 27.5 Å². The molecule has 0 radical (unpaired) electrons. The zero-order valence-electron chi connectivity index (χ0n) is 20.5. The highest BCUT2D eigenvalue weighted by Gasteiger charge is 2.36. The van der Waals surface area contributed by atoms with Crippen molar-refractivity contribution in [1.82, 2.24) is 10.0 Å². The first-order valence-electron chi connectivity index (χ1n) is 13.3. The van der Waals surface area contributed by atoms with Gasteiger partial charge in [-0.1, -0.05) is 25.0 Å². The molecular formula is C28H35F3N2O2S. The van der Waals surface area contributed by atoms with Crippen molar-refractivity contribution in [3.8, 4) is 0 Å². The van der Waals surface area contributed by atoms with Crippen molar-refractivity contribution in [2.24, 2.45) is 17.8 Å². The highest BCUT2D eigenvalue weighted by molar-refractivity contribution is 7.89. The maximum atomic E-state index is 14.1. The van der Waals surface area contributed by atoms with E-state index in [2.05, 4.69) is 10.0 Å². The third-order valence-corrected chi connectivity index (χ3v) is 9.86. The van der Waals surface area contributed by atoms with E-state index in [0.29, 0.717) is 18.4 Å². The Hall–Kier alpha value is -1.90. The quantitative estimate of drug-likeness (QED) is 0.448. The van der Waals surface area contributed by atoms with Crippen molar-refractivity contribution >= 4 is 10.0 Å². The number of fused-ring (bicyclic) bond motifs is 1. The molecule has 0 bridgehead atoms. The van der Waals surface area contributed by atoms with Gasteiger partial charge in [-0.2, -0.15) is 0 Å². The summed E-state index contributed by atoms with van der Waals surface area (Å²) in [5.74, 6) is -0.569. The molecule has 0 aliphatic heterocycles. The zero-order valence-corrected chi connectivity index (χ0v) is 21.3. The molecule has 196 valence electrons. The number of sulfonamides is 1. The number of benzene rings is 2. The molecule has 3 aliphatic rings. The molecule has 2 aromatic carbocycles. The van der Waals surface area contributed by atoms with E-state index < -0.39 is 27.5 Å². The fourth-order valence-corrected chi connectivity index (χ4v) is 7.26. The molecule has 0 amide bonds. The van der Waals surface area contributed by atoms with Gasteiger partial charge in [0.05, 0.1) is 0 Å². The Balaban J connectivity index is 1.12. The predicted molar refractivity (Wildman–Crippen MR) is 134 cm³/mol. The van der Waals surface area contributed by atoms with E-state index in [9.17, 15) is 21.6 Å². The Bertz CT molecular complexity index is 1180. The van der Waals surface area contributed by atoms with E-state index in [4.69, 9.17) is 0 Å². The maximum absolute atomic E-state index is 14.1. The minimum Gasteiger partial charge on any atom is -0.313 e. The minimum atomic E-state index is -3.86. The van der Waals surface area contributed by atoms with Crippen LogP contribution in [0.25, 0.3) is 0 Å². The number of hydrogen-bond acceptors (Lipinski definition) is 3. The van der Waals surface area contributed by atoms with E-state index in [1.54, 1.807) is 0 Å². The van der Waals surface area contributed by atoms with Crippen molar-refractivity contribution in [3.63, 3.8) is 0 Å². The van der Waals surface area contributed by atoms with Gasteiger partial charge in [0.2, 0.25) is 10.0 Å². The van der Waals surface area contributed by atoms with Gasteiger partial charge in [-0.15, -0.1) is 0 Å². The van der Waals surface area contributed by atoms with Gasteiger partial charge in [-0.25, -0.2) is 26.3 Å². The highest BCUT2D eigenvalue weighted by atomic mass is 32.2. The van der Waals surface area contributed by atoms with E-state index in [1.807, 2.05) is 0 Å². The summed E-state index contributed by atoms with van der Waals surface area (Å²) in [6.45, 7) is 1.21. The summed E-state index contributed by atoms with van der Waals surface area (Å²) in [4.78, 5) is -0.305. The van der Waals surface area contributed by atoms with E-state index in [0.717, 1.165) is 68.7 Å². The fraction of sp³-hybridized carbons (Fsp3) is 0.571. The summed E-state index contributed by atoms with van der Waals surface area (Å²) in [5.41, 5.74) is 1.94. The summed E-state index contributed by atoms with van der Waals surface area (Å²) in [7, 11) is -3.86. The SMILES string of the molecule is O=S(=O)(NCC1CCC(CNC2CCc3cc(F)c(F)cc3C2CC2CC2)CC1)c1ccccc1F. The van der Waals surface area contributed by atoms with E-state index in [1.165, 1.54) is 43.2 Å². The van der Waals surface area contributed by atoms with Gasteiger partial charge in [0.25, 0.3) is 0 Å². The number of aryl methyl sites for hydroxylation is 1. The topological polar surface area (TPSA) is 58.2 Å². The van der Waals surface area contributed by atoms with Crippen molar-refractivity contribution in [3.05, 3.63) is 65.0 Å². The Morgan fingerprint density at radius 3 is 2.11 bits per heavy atom. The molecule has 2 saturated carbocycles. The van der Waals surface area contributed by atoms with Crippen LogP contribution in [0, 0.1) is 35.2 Å². The van der Waals surface area contributed by atoms with E-state index in [-0.39, 0.29) is 22.8 Å². The second-order valence-corrected chi connectivity index (χ2v) is 12.7.